The largest absolute Gasteiger partial charge is 0.308 e. The molecule has 11 heavy (non-hydrogen) atoms. The maximum absolute atomic E-state index is 12.5. The van der Waals surface area contributed by atoms with Gasteiger partial charge in [-0.3, -0.25) is 0 Å². The van der Waals surface area contributed by atoms with Gasteiger partial charge in [0.15, 0.2) is 0 Å². The van der Waals surface area contributed by atoms with Crippen molar-refractivity contribution in [2.45, 2.75) is 6.92 Å². The van der Waals surface area contributed by atoms with E-state index < -0.39 is 0 Å². The van der Waals surface area contributed by atoms with Crippen LogP contribution in [0.5, 0.6) is 0 Å². The molecule has 1 N–H and O–H groups in total. The number of diazo groups is 1. The minimum absolute atomic E-state index is 0.300. The van der Waals surface area contributed by atoms with Gasteiger partial charge in [-0.15, -0.1) is 0 Å². The molecule has 1 rings (SSSR count). The maximum Gasteiger partial charge on any atom is 0.308 e. The fourth-order valence-electron chi connectivity index (χ4n) is 0.806. The van der Waals surface area contributed by atoms with Gasteiger partial charge in [-0.2, -0.15) is 0 Å². The van der Waals surface area contributed by atoms with Gasteiger partial charge in [0.1, 0.15) is 11.5 Å². The Morgan fingerprint density at radius 2 is 2.27 bits per heavy atom. The van der Waals surface area contributed by atoms with Crippen molar-refractivity contribution >= 4 is 5.69 Å². The molecular weight excluding hydrogens is 145 g/mol. The molecule has 0 heterocycles. The Bertz CT molecular complexity index is 303. The Hall–Kier alpha value is -1.63. The Morgan fingerprint density at radius 3 is 2.82 bits per heavy atom. The minimum atomic E-state index is -0.300. The van der Waals surface area contributed by atoms with Gasteiger partial charge in [0.05, 0.1) is 0 Å². The highest BCUT2D eigenvalue weighted by molar-refractivity contribution is 5.51. The van der Waals surface area contributed by atoms with Crippen LogP contribution in [0.15, 0.2) is 18.2 Å². The molecule has 0 atom stereocenters. The van der Waals surface area contributed by atoms with Crippen molar-refractivity contribution in [2.24, 2.45) is 0 Å². The van der Waals surface area contributed by atoms with E-state index in [1.165, 1.54) is 18.2 Å². The molecule has 1 aromatic rings. The average molecular weight is 152 g/mol. The maximum atomic E-state index is 12.5. The van der Waals surface area contributed by atoms with Gasteiger partial charge in [0.2, 0.25) is 0 Å². The monoisotopic (exact) mass is 152 g/mol. The van der Waals surface area contributed by atoms with Gasteiger partial charge in [-0.25, -0.2) is 4.39 Å². The number of aryl methyl sites for hydroxylation is 1. The molecule has 0 aliphatic carbocycles. The second kappa shape index (κ2) is 2.97. The molecule has 0 bridgehead atoms. The Kier molecular flexibility index (Phi) is 2.02. The number of halogens is 1. The molecule has 4 heteroatoms. The average Bonchev–Trinajstić information content (AvgIpc) is 1.95. The number of hydrogen-bond acceptors (Lipinski definition) is 2. The number of rotatable bonds is 1. The second-order valence-corrected chi connectivity index (χ2v) is 2.17. The molecule has 0 saturated carbocycles. The fraction of sp³-hybridized carbons (Fsp3) is 0.143. The van der Waals surface area contributed by atoms with Crippen LogP contribution in [0.25, 0.3) is 5.08 Å². The lowest BCUT2D eigenvalue weighted by molar-refractivity contribution is 0.627. The summed E-state index contributed by atoms with van der Waals surface area (Å²) in [6, 6.07) is 4.15. The van der Waals surface area contributed by atoms with E-state index in [4.69, 9.17) is 5.39 Å². The van der Waals surface area contributed by atoms with E-state index >= 15 is 0 Å². The van der Waals surface area contributed by atoms with Crippen LogP contribution in [0.2, 0.25) is 0 Å². The summed E-state index contributed by atoms with van der Waals surface area (Å²) in [5.74, 6) is -0.300. The number of nitrogens with zero attached hydrogens (tertiary/aromatic N) is 2. The standard InChI is InChI=1S/C7H7FN3/c1-5-4-6(8)2-3-7(5)10-11-9/h2-4,10H,1H3/q+1. The quantitative estimate of drug-likeness (QED) is 0.495. The van der Waals surface area contributed by atoms with Crippen molar-refractivity contribution < 1.29 is 4.39 Å². The van der Waals surface area contributed by atoms with E-state index in [1.807, 2.05) is 0 Å². The zero-order valence-corrected chi connectivity index (χ0v) is 6.00. The molecule has 0 unspecified atom stereocenters. The lowest BCUT2D eigenvalue weighted by Crippen LogP contribution is -1.88. The molecule has 0 saturated heterocycles. The van der Waals surface area contributed by atoms with E-state index in [0.717, 1.165) is 0 Å². The van der Waals surface area contributed by atoms with Crippen molar-refractivity contribution in [1.29, 1.82) is 5.39 Å². The normalized spacial score (nSPS) is 8.82. The Balaban J connectivity index is 3.01. The smallest absolute Gasteiger partial charge is 0.207 e. The van der Waals surface area contributed by atoms with E-state index in [1.54, 1.807) is 6.92 Å². The summed E-state index contributed by atoms with van der Waals surface area (Å²) in [6.07, 6.45) is 0. The summed E-state index contributed by atoms with van der Waals surface area (Å²) in [7, 11) is 0. The van der Waals surface area contributed by atoms with Crippen LogP contribution in [0, 0.1) is 18.1 Å². The third-order valence-corrected chi connectivity index (χ3v) is 1.36. The first-order chi connectivity index (χ1) is 5.24. The molecule has 0 amide bonds. The zero-order valence-electron chi connectivity index (χ0n) is 6.00. The van der Waals surface area contributed by atoms with Crippen LogP contribution < -0.4 is 5.43 Å². The molecule has 0 fully saturated rings. The highest BCUT2D eigenvalue weighted by atomic mass is 19.1. The molecule has 3 nitrogen and oxygen atoms in total. The summed E-state index contributed by atoms with van der Waals surface area (Å²) in [4.78, 5) is 0. The van der Waals surface area contributed by atoms with Crippen LogP contribution in [0.1, 0.15) is 5.56 Å². The first-order valence-corrected chi connectivity index (χ1v) is 3.10. The highest BCUT2D eigenvalue weighted by Gasteiger charge is 2.02. The molecule has 0 aliphatic rings. The summed E-state index contributed by atoms with van der Waals surface area (Å²) in [6.45, 7) is 1.72. The summed E-state index contributed by atoms with van der Waals surface area (Å²) >= 11 is 0. The molecule has 1 aromatic carbocycles. The number of anilines is 1. The topological polar surface area (TPSA) is 40.2 Å². The zero-order chi connectivity index (χ0) is 8.27. The summed E-state index contributed by atoms with van der Waals surface area (Å²) in [5.41, 5.74) is 3.61. The molecule has 0 aliphatic heterocycles. The lowest BCUT2D eigenvalue weighted by atomic mass is 10.2. The molecular formula is C7H7FN3+. The number of nitrogens with one attached hydrogen (secondary N) is 1. The highest BCUT2D eigenvalue weighted by Crippen LogP contribution is 2.14. The van der Waals surface area contributed by atoms with Crippen LogP contribution in [-0.2, 0) is 0 Å². The molecule has 0 aromatic heterocycles. The lowest BCUT2D eigenvalue weighted by Gasteiger charge is -1.95. The third-order valence-electron chi connectivity index (χ3n) is 1.36. The van der Waals surface area contributed by atoms with E-state index in [9.17, 15) is 4.39 Å². The predicted molar refractivity (Wildman–Crippen MR) is 39.8 cm³/mol. The molecule has 56 valence electrons. The van der Waals surface area contributed by atoms with Crippen LogP contribution >= 0.6 is 0 Å². The van der Waals surface area contributed by atoms with Crippen LogP contribution in [0.3, 0.4) is 0 Å². The van der Waals surface area contributed by atoms with E-state index in [0.29, 0.717) is 11.3 Å². The Morgan fingerprint density at radius 1 is 1.55 bits per heavy atom. The van der Waals surface area contributed by atoms with Crippen LogP contribution in [0.4, 0.5) is 10.1 Å². The van der Waals surface area contributed by atoms with Gasteiger partial charge in [-0.05, 0) is 36.1 Å². The fourth-order valence-corrected chi connectivity index (χ4v) is 0.806. The van der Waals surface area contributed by atoms with E-state index in [-0.39, 0.29) is 5.82 Å². The summed E-state index contributed by atoms with van der Waals surface area (Å²) in [5, 5.41) is 10.9. The number of hydrogen-bond donors (Lipinski definition) is 1. The van der Waals surface area contributed by atoms with E-state index in [2.05, 4.69) is 10.5 Å². The Labute approximate surface area is 63.4 Å². The number of benzene rings is 1. The third kappa shape index (κ3) is 1.64. The van der Waals surface area contributed by atoms with Crippen molar-refractivity contribution in [3.05, 3.63) is 34.7 Å². The van der Waals surface area contributed by atoms with Crippen LogP contribution in [-0.4, -0.2) is 0 Å². The van der Waals surface area contributed by atoms with Crippen molar-refractivity contribution in [3.8, 4) is 0 Å². The van der Waals surface area contributed by atoms with Crippen molar-refractivity contribution in [2.75, 3.05) is 5.43 Å². The molecule has 0 radical (unpaired) electrons. The van der Waals surface area contributed by atoms with Gasteiger partial charge >= 0.3 is 5.08 Å². The second-order valence-electron chi connectivity index (χ2n) is 2.17. The van der Waals surface area contributed by atoms with Gasteiger partial charge < -0.3 is 0 Å². The van der Waals surface area contributed by atoms with Gasteiger partial charge in [-0.1, -0.05) is 0 Å². The van der Waals surface area contributed by atoms with Crippen molar-refractivity contribution in [3.63, 3.8) is 0 Å². The van der Waals surface area contributed by atoms with Gasteiger partial charge in [0.25, 0.3) is 5.39 Å². The first-order valence-electron chi connectivity index (χ1n) is 3.10. The first kappa shape index (κ1) is 7.48. The van der Waals surface area contributed by atoms with Crippen molar-refractivity contribution in [1.82, 2.24) is 0 Å². The molecule has 0 spiro atoms. The SMILES string of the molecule is Cc1cc(F)ccc1N[N+]#N. The predicted octanol–water partition coefficient (Wildman–Crippen LogP) is 2.31. The minimum Gasteiger partial charge on any atom is -0.207 e. The summed E-state index contributed by atoms with van der Waals surface area (Å²) < 4.78 is 12.5. The van der Waals surface area contributed by atoms with Gasteiger partial charge in [0, 0.05) is 0 Å².